The molecular weight excluding hydrogens is 268 g/mol. The van der Waals surface area contributed by atoms with E-state index < -0.39 is 5.97 Å². The number of aromatic carboxylic acids is 1. The Hall–Kier alpha value is -2.82. The van der Waals surface area contributed by atoms with Crippen molar-refractivity contribution in [2.24, 2.45) is 5.10 Å². The first-order valence-corrected chi connectivity index (χ1v) is 6.55. The summed E-state index contributed by atoms with van der Waals surface area (Å²) in [4.78, 5) is 10.9. The number of hydrogen-bond donors (Lipinski definition) is 2. The molecule has 2 aromatic carbocycles. The molecule has 0 saturated heterocycles. The quantitative estimate of drug-likeness (QED) is 0.631. The fourth-order valence-electron chi connectivity index (χ4n) is 1.77. The lowest BCUT2D eigenvalue weighted by Gasteiger charge is -2.06. The Kier molecular flexibility index (Phi) is 4.93. The molecular formula is C16H16N2O3. The molecule has 0 atom stereocenters. The number of rotatable bonds is 6. The molecule has 21 heavy (non-hydrogen) atoms. The van der Waals surface area contributed by atoms with Gasteiger partial charge in [0, 0.05) is 5.56 Å². The van der Waals surface area contributed by atoms with Gasteiger partial charge in [-0.3, -0.25) is 5.43 Å². The fourth-order valence-corrected chi connectivity index (χ4v) is 1.77. The summed E-state index contributed by atoms with van der Waals surface area (Å²) in [5.74, 6) is -0.214. The zero-order valence-corrected chi connectivity index (χ0v) is 11.6. The standard InChI is InChI=1S/C16H16N2O3/c1-2-21-15-9-4-3-6-13(15)11-17-18-14-8-5-7-12(10-14)16(19)20/h3-11,18H,2H2,1H3,(H,19,20)/b17-11+. The molecule has 2 aromatic rings. The van der Waals surface area contributed by atoms with E-state index in [1.807, 2.05) is 31.2 Å². The Morgan fingerprint density at radius 2 is 2.10 bits per heavy atom. The van der Waals surface area contributed by atoms with Crippen molar-refractivity contribution in [1.82, 2.24) is 0 Å². The SMILES string of the molecule is CCOc1ccccc1/C=N/Nc1cccc(C(=O)O)c1. The van der Waals surface area contributed by atoms with Gasteiger partial charge in [-0.1, -0.05) is 18.2 Å². The molecule has 108 valence electrons. The zero-order chi connectivity index (χ0) is 15.1. The van der Waals surface area contributed by atoms with Crippen LogP contribution in [0, 0.1) is 0 Å². The summed E-state index contributed by atoms with van der Waals surface area (Å²) >= 11 is 0. The summed E-state index contributed by atoms with van der Waals surface area (Å²) in [5, 5.41) is 13.0. The van der Waals surface area contributed by atoms with Crippen LogP contribution in [0.1, 0.15) is 22.8 Å². The average Bonchev–Trinajstić information content (AvgIpc) is 2.49. The van der Waals surface area contributed by atoms with Crippen molar-refractivity contribution < 1.29 is 14.6 Å². The van der Waals surface area contributed by atoms with Crippen LogP contribution in [0.4, 0.5) is 5.69 Å². The molecule has 2 rings (SSSR count). The number of carboxylic acids is 1. The third-order valence-electron chi connectivity index (χ3n) is 2.73. The normalized spacial score (nSPS) is 10.5. The lowest BCUT2D eigenvalue weighted by molar-refractivity contribution is 0.0697. The van der Waals surface area contributed by atoms with Crippen LogP contribution >= 0.6 is 0 Å². The van der Waals surface area contributed by atoms with Crippen molar-refractivity contribution in [1.29, 1.82) is 0 Å². The number of nitrogens with one attached hydrogen (secondary N) is 1. The van der Waals surface area contributed by atoms with Crippen molar-refractivity contribution in [3.8, 4) is 5.75 Å². The van der Waals surface area contributed by atoms with Gasteiger partial charge in [-0.05, 0) is 37.3 Å². The van der Waals surface area contributed by atoms with E-state index in [2.05, 4.69) is 10.5 Å². The molecule has 0 aliphatic carbocycles. The third kappa shape index (κ3) is 4.07. The Balaban J connectivity index is 2.09. The van der Waals surface area contributed by atoms with Crippen LogP contribution in [0.5, 0.6) is 5.75 Å². The molecule has 0 heterocycles. The first-order chi connectivity index (χ1) is 10.2. The van der Waals surface area contributed by atoms with Gasteiger partial charge in [0.25, 0.3) is 0 Å². The van der Waals surface area contributed by atoms with Gasteiger partial charge in [-0.2, -0.15) is 5.10 Å². The van der Waals surface area contributed by atoms with E-state index in [4.69, 9.17) is 9.84 Å². The van der Waals surface area contributed by atoms with Crippen molar-refractivity contribution in [2.75, 3.05) is 12.0 Å². The molecule has 0 aliphatic rings. The second kappa shape index (κ2) is 7.09. The maximum Gasteiger partial charge on any atom is 0.335 e. The second-order valence-electron chi connectivity index (χ2n) is 4.23. The van der Waals surface area contributed by atoms with E-state index in [1.54, 1.807) is 18.3 Å². The first kappa shape index (κ1) is 14.6. The number of hydrogen-bond acceptors (Lipinski definition) is 4. The molecule has 0 radical (unpaired) electrons. The number of benzene rings is 2. The summed E-state index contributed by atoms with van der Waals surface area (Å²) in [6.07, 6.45) is 1.64. The molecule has 5 nitrogen and oxygen atoms in total. The van der Waals surface area contributed by atoms with Crippen LogP contribution in [0.25, 0.3) is 0 Å². The van der Waals surface area contributed by atoms with Gasteiger partial charge >= 0.3 is 5.97 Å². The Morgan fingerprint density at radius 3 is 2.86 bits per heavy atom. The molecule has 0 amide bonds. The summed E-state index contributed by atoms with van der Waals surface area (Å²) in [6.45, 7) is 2.50. The zero-order valence-electron chi connectivity index (χ0n) is 11.6. The van der Waals surface area contributed by atoms with Gasteiger partial charge < -0.3 is 9.84 Å². The van der Waals surface area contributed by atoms with Gasteiger partial charge in [0.1, 0.15) is 5.75 Å². The molecule has 0 bridgehead atoms. The highest BCUT2D eigenvalue weighted by atomic mass is 16.5. The van der Waals surface area contributed by atoms with Crippen molar-refractivity contribution in [3.05, 3.63) is 59.7 Å². The predicted molar refractivity (Wildman–Crippen MR) is 82.2 cm³/mol. The summed E-state index contributed by atoms with van der Waals surface area (Å²) in [5.41, 5.74) is 4.48. The number of nitrogens with zero attached hydrogens (tertiary/aromatic N) is 1. The highest BCUT2D eigenvalue weighted by molar-refractivity contribution is 5.89. The van der Waals surface area contributed by atoms with E-state index in [9.17, 15) is 4.79 Å². The fraction of sp³-hybridized carbons (Fsp3) is 0.125. The number of carbonyl (C=O) groups is 1. The lowest BCUT2D eigenvalue weighted by atomic mass is 10.2. The Bertz CT molecular complexity index is 653. The maximum atomic E-state index is 10.9. The van der Waals surface area contributed by atoms with Gasteiger partial charge in [-0.25, -0.2) is 4.79 Å². The smallest absolute Gasteiger partial charge is 0.335 e. The van der Waals surface area contributed by atoms with E-state index in [-0.39, 0.29) is 5.56 Å². The first-order valence-electron chi connectivity index (χ1n) is 6.55. The maximum absolute atomic E-state index is 10.9. The number of hydrazone groups is 1. The number of para-hydroxylation sites is 1. The number of ether oxygens (including phenoxy) is 1. The monoisotopic (exact) mass is 284 g/mol. The van der Waals surface area contributed by atoms with Crippen molar-refractivity contribution in [2.45, 2.75) is 6.92 Å². The molecule has 5 heteroatoms. The minimum absolute atomic E-state index is 0.213. The Morgan fingerprint density at radius 1 is 1.29 bits per heavy atom. The summed E-state index contributed by atoms with van der Waals surface area (Å²) in [7, 11) is 0. The van der Waals surface area contributed by atoms with Crippen LogP contribution < -0.4 is 10.2 Å². The molecule has 0 saturated carbocycles. The predicted octanol–water partition coefficient (Wildman–Crippen LogP) is 3.23. The Labute approximate surface area is 122 Å². The van der Waals surface area contributed by atoms with Crippen LogP contribution in [-0.4, -0.2) is 23.9 Å². The minimum Gasteiger partial charge on any atom is -0.493 e. The molecule has 2 N–H and O–H groups in total. The van der Waals surface area contributed by atoms with Gasteiger partial charge in [0.2, 0.25) is 0 Å². The molecule has 0 fully saturated rings. The highest BCUT2D eigenvalue weighted by Gasteiger charge is 2.02. The minimum atomic E-state index is -0.968. The molecule has 0 aromatic heterocycles. The van der Waals surface area contributed by atoms with Gasteiger partial charge in [0.15, 0.2) is 0 Å². The van der Waals surface area contributed by atoms with Crippen LogP contribution in [0.2, 0.25) is 0 Å². The third-order valence-corrected chi connectivity index (χ3v) is 2.73. The molecule has 0 spiro atoms. The second-order valence-corrected chi connectivity index (χ2v) is 4.23. The van der Waals surface area contributed by atoms with Crippen molar-refractivity contribution >= 4 is 17.9 Å². The summed E-state index contributed by atoms with van der Waals surface area (Å²) in [6, 6.07) is 14.0. The average molecular weight is 284 g/mol. The highest BCUT2D eigenvalue weighted by Crippen LogP contribution is 2.16. The number of carboxylic acid groups (broad SMARTS) is 1. The lowest BCUT2D eigenvalue weighted by Crippen LogP contribution is -1.99. The largest absolute Gasteiger partial charge is 0.493 e. The van der Waals surface area contributed by atoms with Crippen molar-refractivity contribution in [3.63, 3.8) is 0 Å². The summed E-state index contributed by atoms with van der Waals surface area (Å²) < 4.78 is 5.49. The van der Waals surface area contributed by atoms with Crippen LogP contribution in [0.15, 0.2) is 53.6 Å². The van der Waals surface area contributed by atoms with E-state index >= 15 is 0 Å². The molecule has 0 aliphatic heterocycles. The topological polar surface area (TPSA) is 70.9 Å². The van der Waals surface area contributed by atoms with Crippen LogP contribution in [-0.2, 0) is 0 Å². The van der Waals surface area contributed by atoms with Gasteiger partial charge in [-0.15, -0.1) is 0 Å². The van der Waals surface area contributed by atoms with E-state index in [1.165, 1.54) is 12.1 Å². The van der Waals surface area contributed by atoms with E-state index in [0.29, 0.717) is 12.3 Å². The van der Waals surface area contributed by atoms with E-state index in [0.717, 1.165) is 11.3 Å². The molecule has 0 unspecified atom stereocenters. The van der Waals surface area contributed by atoms with Gasteiger partial charge in [0.05, 0.1) is 24.1 Å². The number of anilines is 1. The van der Waals surface area contributed by atoms with Crippen LogP contribution in [0.3, 0.4) is 0 Å².